The molecule has 1 saturated carbocycles. The SMILES string of the molecule is Cc1nc(-c2ccccc2)ccc1C(=O)N[C@@H]1CCCC[C@@H]1C. The lowest BCUT2D eigenvalue weighted by molar-refractivity contribution is 0.0909. The van der Waals surface area contributed by atoms with Gasteiger partial charge in [-0.25, -0.2) is 0 Å². The van der Waals surface area contributed by atoms with Gasteiger partial charge in [0.25, 0.3) is 5.91 Å². The van der Waals surface area contributed by atoms with Gasteiger partial charge in [0.1, 0.15) is 0 Å². The average molecular weight is 308 g/mol. The molecular formula is C20H24N2O. The fourth-order valence-electron chi connectivity index (χ4n) is 3.35. The molecule has 1 aromatic heterocycles. The molecule has 0 bridgehead atoms. The molecule has 3 heteroatoms. The summed E-state index contributed by atoms with van der Waals surface area (Å²) in [7, 11) is 0. The minimum atomic E-state index is 0.00774. The number of amides is 1. The molecule has 0 spiro atoms. The highest BCUT2D eigenvalue weighted by Gasteiger charge is 2.24. The molecule has 1 amide bonds. The summed E-state index contributed by atoms with van der Waals surface area (Å²) < 4.78 is 0. The number of carbonyl (C=O) groups is 1. The molecule has 23 heavy (non-hydrogen) atoms. The van der Waals surface area contributed by atoms with Crippen LogP contribution in [-0.4, -0.2) is 16.9 Å². The standard InChI is InChI=1S/C20H24N2O/c1-14-8-6-7-11-18(14)22-20(23)17-12-13-19(21-15(17)2)16-9-4-3-5-10-16/h3-5,9-10,12-14,18H,6-8,11H2,1-2H3,(H,22,23)/t14-,18+/m0/s1. The number of rotatable bonds is 3. The quantitative estimate of drug-likeness (QED) is 0.915. The molecule has 0 aliphatic heterocycles. The molecule has 3 rings (SSSR count). The largest absolute Gasteiger partial charge is 0.349 e. The zero-order chi connectivity index (χ0) is 16.2. The molecule has 1 N–H and O–H groups in total. The van der Waals surface area contributed by atoms with Crippen molar-refractivity contribution in [2.75, 3.05) is 0 Å². The third kappa shape index (κ3) is 3.61. The van der Waals surface area contributed by atoms with Crippen LogP contribution in [0.15, 0.2) is 42.5 Å². The second-order valence-electron chi connectivity index (χ2n) is 6.54. The van der Waals surface area contributed by atoms with Crippen LogP contribution in [0.25, 0.3) is 11.3 Å². The van der Waals surface area contributed by atoms with Crippen molar-refractivity contribution in [2.24, 2.45) is 5.92 Å². The van der Waals surface area contributed by atoms with E-state index in [2.05, 4.69) is 17.2 Å². The number of hydrogen-bond donors (Lipinski definition) is 1. The molecule has 120 valence electrons. The molecule has 2 aromatic rings. The normalized spacial score (nSPS) is 21.0. The van der Waals surface area contributed by atoms with Gasteiger partial charge in [0, 0.05) is 11.6 Å². The maximum Gasteiger partial charge on any atom is 0.253 e. The van der Waals surface area contributed by atoms with E-state index < -0.39 is 0 Å². The number of hydrogen-bond acceptors (Lipinski definition) is 2. The summed E-state index contributed by atoms with van der Waals surface area (Å²) in [6.45, 7) is 4.14. The van der Waals surface area contributed by atoms with Gasteiger partial charge in [-0.15, -0.1) is 0 Å². The second-order valence-corrected chi connectivity index (χ2v) is 6.54. The van der Waals surface area contributed by atoms with Gasteiger partial charge in [0.2, 0.25) is 0 Å². The second kappa shape index (κ2) is 6.95. The highest BCUT2D eigenvalue weighted by atomic mass is 16.1. The van der Waals surface area contributed by atoms with Crippen LogP contribution in [0.1, 0.15) is 48.7 Å². The summed E-state index contributed by atoms with van der Waals surface area (Å²) in [5.74, 6) is 0.568. The fraction of sp³-hybridized carbons (Fsp3) is 0.400. The Morgan fingerprint density at radius 2 is 1.83 bits per heavy atom. The van der Waals surface area contributed by atoms with Crippen LogP contribution in [0.5, 0.6) is 0 Å². The van der Waals surface area contributed by atoms with E-state index in [1.54, 1.807) is 0 Å². The Morgan fingerprint density at radius 3 is 2.52 bits per heavy atom. The van der Waals surface area contributed by atoms with E-state index in [9.17, 15) is 4.79 Å². The zero-order valence-corrected chi connectivity index (χ0v) is 13.9. The van der Waals surface area contributed by atoms with Crippen molar-refractivity contribution < 1.29 is 4.79 Å². The molecule has 0 unspecified atom stereocenters. The third-order valence-corrected chi connectivity index (χ3v) is 4.83. The van der Waals surface area contributed by atoms with Gasteiger partial charge in [-0.05, 0) is 37.8 Å². The van der Waals surface area contributed by atoms with Crippen molar-refractivity contribution >= 4 is 5.91 Å². The van der Waals surface area contributed by atoms with Crippen molar-refractivity contribution in [1.82, 2.24) is 10.3 Å². The van der Waals surface area contributed by atoms with E-state index in [-0.39, 0.29) is 5.91 Å². The molecule has 1 heterocycles. The highest BCUT2D eigenvalue weighted by molar-refractivity contribution is 5.95. The topological polar surface area (TPSA) is 42.0 Å². The van der Waals surface area contributed by atoms with Crippen LogP contribution in [0.4, 0.5) is 0 Å². The smallest absolute Gasteiger partial charge is 0.253 e. The van der Waals surface area contributed by atoms with Gasteiger partial charge >= 0.3 is 0 Å². The first-order valence-electron chi connectivity index (χ1n) is 8.49. The minimum Gasteiger partial charge on any atom is -0.349 e. The first-order chi connectivity index (χ1) is 11.1. The number of nitrogens with one attached hydrogen (secondary N) is 1. The molecule has 0 radical (unpaired) electrons. The molecule has 1 aliphatic carbocycles. The van der Waals surface area contributed by atoms with Crippen LogP contribution in [0.3, 0.4) is 0 Å². The lowest BCUT2D eigenvalue weighted by atomic mass is 9.86. The fourth-order valence-corrected chi connectivity index (χ4v) is 3.35. The van der Waals surface area contributed by atoms with Gasteiger partial charge in [-0.3, -0.25) is 9.78 Å². The molecule has 1 aromatic carbocycles. The van der Waals surface area contributed by atoms with Crippen molar-refractivity contribution in [3.63, 3.8) is 0 Å². The number of carbonyl (C=O) groups excluding carboxylic acids is 1. The summed E-state index contributed by atoms with van der Waals surface area (Å²) in [4.78, 5) is 17.2. The van der Waals surface area contributed by atoms with Crippen LogP contribution in [0, 0.1) is 12.8 Å². The van der Waals surface area contributed by atoms with E-state index in [1.807, 2.05) is 49.4 Å². The molecular weight excluding hydrogens is 284 g/mol. The van der Waals surface area contributed by atoms with Crippen LogP contribution in [-0.2, 0) is 0 Å². The monoisotopic (exact) mass is 308 g/mol. The third-order valence-electron chi connectivity index (χ3n) is 4.83. The summed E-state index contributed by atoms with van der Waals surface area (Å²) in [6.07, 6.45) is 4.77. The minimum absolute atomic E-state index is 0.00774. The number of benzene rings is 1. The van der Waals surface area contributed by atoms with Crippen molar-refractivity contribution in [3.8, 4) is 11.3 Å². The van der Waals surface area contributed by atoms with Crippen LogP contribution in [0.2, 0.25) is 0 Å². The number of pyridine rings is 1. The summed E-state index contributed by atoms with van der Waals surface area (Å²) in [6, 6.07) is 14.2. The van der Waals surface area contributed by atoms with Crippen molar-refractivity contribution in [2.45, 2.75) is 45.6 Å². The Hall–Kier alpha value is -2.16. The molecule has 0 saturated heterocycles. The highest BCUT2D eigenvalue weighted by Crippen LogP contribution is 2.24. The van der Waals surface area contributed by atoms with Crippen molar-refractivity contribution in [1.29, 1.82) is 0 Å². The van der Waals surface area contributed by atoms with Gasteiger partial charge < -0.3 is 5.32 Å². The summed E-state index contributed by atoms with van der Waals surface area (Å²) >= 11 is 0. The van der Waals surface area contributed by atoms with Gasteiger partial charge in [-0.1, -0.05) is 50.1 Å². The van der Waals surface area contributed by atoms with Gasteiger partial charge in [0.15, 0.2) is 0 Å². The molecule has 1 fully saturated rings. The molecule has 2 atom stereocenters. The zero-order valence-electron chi connectivity index (χ0n) is 13.9. The maximum atomic E-state index is 12.6. The Kier molecular flexibility index (Phi) is 4.75. The number of nitrogens with zero attached hydrogens (tertiary/aromatic N) is 1. The maximum absolute atomic E-state index is 12.6. The predicted molar refractivity (Wildman–Crippen MR) is 93.3 cm³/mol. The Labute approximate surface area is 138 Å². The van der Waals surface area contributed by atoms with E-state index in [4.69, 9.17) is 0 Å². The van der Waals surface area contributed by atoms with E-state index in [0.29, 0.717) is 17.5 Å². The van der Waals surface area contributed by atoms with Crippen LogP contribution >= 0.6 is 0 Å². The predicted octanol–water partition coefficient (Wildman–Crippen LogP) is 4.37. The van der Waals surface area contributed by atoms with E-state index in [1.165, 1.54) is 19.3 Å². The first kappa shape index (κ1) is 15.7. The van der Waals surface area contributed by atoms with Gasteiger partial charge in [0.05, 0.1) is 17.0 Å². The summed E-state index contributed by atoms with van der Waals surface area (Å²) in [5.41, 5.74) is 3.45. The number of aryl methyl sites for hydroxylation is 1. The number of aromatic nitrogens is 1. The van der Waals surface area contributed by atoms with Gasteiger partial charge in [-0.2, -0.15) is 0 Å². The Balaban J connectivity index is 1.76. The summed E-state index contributed by atoms with van der Waals surface area (Å²) in [5, 5.41) is 3.21. The average Bonchev–Trinajstić information content (AvgIpc) is 2.57. The van der Waals surface area contributed by atoms with Crippen molar-refractivity contribution in [3.05, 3.63) is 53.7 Å². The first-order valence-corrected chi connectivity index (χ1v) is 8.49. The lowest BCUT2D eigenvalue weighted by Crippen LogP contribution is -2.41. The Morgan fingerprint density at radius 1 is 1.09 bits per heavy atom. The van der Waals surface area contributed by atoms with E-state index >= 15 is 0 Å². The van der Waals surface area contributed by atoms with E-state index in [0.717, 1.165) is 23.4 Å². The molecule has 3 nitrogen and oxygen atoms in total. The molecule has 1 aliphatic rings. The Bertz CT molecular complexity index is 681. The van der Waals surface area contributed by atoms with Crippen LogP contribution < -0.4 is 5.32 Å². The lowest BCUT2D eigenvalue weighted by Gasteiger charge is -2.29.